The summed E-state index contributed by atoms with van der Waals surface area (Å²) in [6.07, 6.45) is 4.69. The van der Waals surface area contributed by atoms with Crippen molar-refractivity contribution < 1.29 is 27.2 Å². The number of primary amides is 1. The molecule has 0 atom stereocenters. The van der Waals surface area contributed by atoms with Crippen LogP contribution in [-0.4, -0.2) is 21.8 Å². The number of oxazole rings is 1. The van der Waals surface area contributed by atoms with Gasteiger partial charge in [-0.1, -0.05) is 18.2 Å². The molecule has 43 heavy (non-hydrogen) atoms. The fourth-order valence-corrected chi connectivity index (χ4v) is 5.40. The molecule has 2 amide bonds. The van der Waals surface area contributed by atoms with E-state index in [-0.39, 0.29) is 23.4 Å². The number of carbonyl (C=O) groups excluding carboxylic acids is 2. The van der Waals surface area contributed by atoms with Gasteiger partial charge in [0.15, 0.2) is 5.58 Å². The van der Waals surface area contributed by atoms with E-state index in [1.54, 1.807) is 61.8 Å². The van der Waals surface area contributed by atoms with Crippen LogP contribution >= 0.6 is 0 Å². The summed E-state index contributed by atoms with van der Waals surface area (Å²) in [5.74, 6) is -1.36. The van der Waals surface area contributed by atoms with Crippen molar-refractivity contribution in [2.24, 2.45) is 5.73 Å². The van der Waals surface area contributed by atoms with Gasteiger partial charge in [0.25, 0.3) is 11.8 Å². The molecule has 3 N–H and O–H groups in total. The van der Waals surface area contributed by atoms with Crippen molar-refractivity contribution in [3.63, 3.8) is 0 Å². The normalized spacial score (nSPS) is 13.8. The Kier molecular flexibility index (Phi) is 6.08. The molecule has 1 fully saturated rings. The van der Waals surface area contributed by atoms with Gasteiger partial charge in [-0.2, -0.15) is 0 Å². The molecule has 0 saturated heterocycles. The van der Waals surface area contributed by atoms with Crippen molar-refractivity contribution in [1.82, 2.24) is 15.3 Å². The highest BCUT2D eigenvalue weighted by Crippen LogP contribution is 2.46. The maximum atomic E-state index is 15.3. The maximum Gasteiger partial charge on any atom is 0.252 e. The van der Waals surface area contributed by atoms with Crippen LogP contribution < -0.4 is 11.1 Å². The Bertz CT molecular complexity index is 2040. The minimum Gasteiger partial charge on any atom is -0.460 e. The number of nitrogens with two attached hydrogens (primary N) is 1. The van der Waals surface area contributed by atoms with Crippen LogP contribution in [0.2, 0.25) is 0 Å². The molecule has 1 aliphatic carbocycles. The van der Waals surface area contributed by atoms with Gasteiger partial charge in [0.2, 0.25) is 5.89 Å². The van der Waals surface area contributed by atoms with Crippen LogP contribution in [-0.2, 0) is 12.0 Å². The summed E-state index contributed by atoms with van der Waals surface area (Å²) in [7, 11) is 0. The molecular weight excluding hydrogens is 554 g/mol. The Morgan fingerprint density at radius 3 is 2.51 bits per heavy atom. The number of hydrogen-bond donors (Lipinski definition) is 2. The van der Waals surface area contributed by atoms with Crippen molar-refractivity contribution in [3.8, 4) is 11.1 Å². The van der Waals surface area contributed by atoms with Gasteiger partial charge in [-0.15, -0.1) is 0 Å². The molecule has 0 bridgehead atoms. The van der Waals surface area contributed by atoms with E-state index < -0.39 is 23.2 Å². The molecule has 214 valence electrons. The quantitative estimate of drug-likeness (QED) is 0.228. The van der Waals surface area contributed by atoms with E-state index in [0.717, 1.165) is 5.56 Å². The van der Waals surface area contributed by atoms with Gasteiger partial charge in [-0.3, -0.25) is 14.6 Å². The highest BCUT2D eigenvalue weighted by molar-refractivity contribution is 6.07. The van der Waals surface area contributed by atoms with E-state index in [1.807, 2.05) is 0 Å². The second-order valence-electron chi connectivity index (χ2n) is 10.8. The van der Waals surface area contributed by atoms with Crippen molar-refractivity contribution in [3.05, 3.63) is 119 Å². The highest BCUT2D eigenvalue weighted by Gasteiger charge is 2.50. The van der Waals surface area contributed by atoms with E-state index >= 15 is 4.39 Å². The summed E-state index contributed by atoms with van der Waals surface area (Å²) in [5.41, 5.74) is 9.00. The fraction of sp³-hybridized carbons (Fsp3) is 0.152. The smallest absolute Gasteiger partial charge is 0.252 e. The number of amides is 2. The van der Waals surface area contributed by atoms with Crippen molar-refractivity contribution in [2.75, 3.05) is 0 Å². The maximum absolute atomic E-state index is 15.3. The summed E-state index contributed by atoms with van der Waals surface area (Å²) in [4.78, 5) is 34.5. The first-order chi connectivity index (χ1) is 20.7. The Labute approximate surface area is 243 Å². The molecule has 6 aromatic rings. The standard InChI is InChI=1S/C33H24F2N4O4/c1-17-22(19-4-7-26-23(13-19)29(30(36)40)28(42-26)12-18-2-5-21(34)6-3-18)14-20(15-24(17)35)31(41)39-33(9-10-33)32-38-25-16-37-11-8-27(25)43-32/h2-8,11,13-16H,9-10,12H2,1H3,(H2,36,40)(H,39,41). The molecule has 0 unspecified atom stereocenters. The Hall–Kier alpha value is -5.38. The van der Waals surface area contributed by atoms with E-state index in [4.69, 9.17) is 14.6 Å². The van der Waals surface area contributed by atoms with Crippen LogP contribution in [0.4, 0.5) is 8.78 Å². The topological polar surface area (TPSA) is 124 Å². The first kappa shape index (κ1) is 26.5. The zero-order chi connectivity index (χ0) is 29.9. The van der Waals surface area contributed by atoms with Crippen molar-refractivity contribution in [1.29, 1.82) is 0 Å². The summed E-state index contributed by atoms with van der Waals surface area (Å²) >= 11 is 0. The molecule has 3 aromatic carbocycles. The van der Waals surface area contributed by atoms with Gasteiger partial charge in [0.05, 0.1) is 11.8 Å². The minimum absolute atomic E-state index is 0.126. The van der Waals surface area contributed by atoms with Crippen LogP contribution in [0.5, 0.6) is 0 Å². The lowest BCUT2D eigenvalue weighted by molar-refractivity contribution is 0.0922. The summed E-state index contributed by atoms with van der Waals surface area (Å²) in [6, 6.07) is 15.5. The van der Waals surface area contributed by atoms with Gasteiger partial charge in [0.1, 0.15) is 34.0 Å². The number of furan rings is 1. The molecule has 8 nitrogen and oxygen atoms in total. The zero-order valence-corrected chi connectivity index (χ0v) is 22.9. The van der Waals surface area contributed by atoms with Gasteiger partial charge in [-0.25, -0.2) is 13.8 Å². The predicted octanol–water partition coefficient (Wildman–Crippen LogP) is 6.33. The third kappa shape index (κ3) is 4.70. The third-order valence-electron chi connectivity index (χ3n) is 7.90. The second kappa shape index (κ2) is 9.87. The van der Waals surface area contributed by atoms with Crippen LogP contribution in [0.3, 0.4) is 0 Å². The van der Waals surface area contributed by atoms with Crippen LogP contribution in [0.15, 0.2) is 81.9 Å². The zero-order valence-electron chi connectivity index (χ0n) is 22.9. The molecule has 0 radical (unpaired) electrons. The number of halogens is 2. The minimum atomic E-state index is -0.773. The van der Waals surface area contributed by atoms with E-state index in [0.29, 0.717) is 63.3 Å². The molecule has 3 aromatic heterocycles. The molecule has 1 aliphatic rings. The molecule has 1 saturated carbocycles. The summed E-state index contributed by atoms with van der Waals surface area (Å²) < 4.78 is 40.5. The fourth-order valence-electron chi connectivity index (χ4n) is 5.40. The predicted molar refractivity (Wildman–Crippen MR) is 154 cm³/mol. The van der Waals surface area contributed by atoms with E-state index in [2.05, 4.69) is 15.3 Å². The van der Waals surface area contributed by atoms with Crippen molar-refractivity contribution in [2.45, 2.75) is 31.7 Å². The number of pyridine rings is 1. The van der Waals surface area contributed by atoms with Crippen molar-refractivity contribution >= 4 is 33.9 Å². The average Bonchev–Trinajstić information content (AvgIpc) is 3.48. The van der Waals surface area contributed by atoms with E-state index in [9.17, 15) is 14.0 Å². The molecule has 10 heteroatoms. The largest absolute Gasteiger partial charge is 0.460 e. The number of fused-ring (bicyclic) bond motifs is 2. The summed E-state index contributed by atoms with van der Waals surface area (Å²) in [5, 5.41) is 3.45. The number of aromatic nitrogens is 2. The van der Waals surface area contributed by atoms with Gasteiger partial charge in [0, 0.05) is 29.6 Å². The molecule has 7 rings (SSSR count). The van der Waals surface area contributed by atoms with Crippen LogP contribution in [0.1, 0.15) is 56.3 Å². The number of hydrogen-bond acceptors (Lipinski definition) is 6. The lowest BCUT2D eigenvalue weighted by Crippen LogP contribution is -2.35. The molecule has 0 spiro atoms. The average molecular weight is 579 g/mol. The number of benzene rings is 3. The molecule has 3 heterocycles. The molecular formula is C33H24F2N4O4. The highest BCUT2D eigenvalue weighted by atomic mass is 19.1. The van der Waals surface area contributed by atoms with Gasteiger partial charge in [-0.05, 0) is 78.4 Å². The van der Waals surface area contributed by atoms with Gasteiger partial charge < -0.3 is 19.9 Å². The number of rotatable bonds is 7. The Morgan fingerprint density at radius 2 is 1.79 bits per heavy atom. The Morgan fingerprint density at radius 1 is 1.00 bits per heavy atom. The first-order valence-corrected chi connectivity index (χ1v) is 13.6. The third-order valence-corrected chi connectivity index (χ3v) is 7.90. The number of nitrogens with one attached hydrogen (secondary N) is 1. The van der Waals surface area contributed by atoms with Crippen LogP contribution in [0, 0.1) is 18.6 Å². The van der Waals surface area contributed by atoms with Gasteiger partial charge >= 0.3 is 0 Å². The summed E-state index contributed by atoms with van der Waals surface area (Å²) in [6.45, 7) is 1.62. The first-order valence-electron chi connectivity index (χ1n) is 13.6. The Balaban J connectivity index is 1.23. The second-order valence-corrected chi connectivity index (χ2v) is 10.8. The number of carbonyl (C=O) groups is 2. The lowest BCUT2D eigenvalue weighted by Gasteiger charge is -2.16. The number of nitrogens with zero attached hydrogens (tertiary/aromatic N) is 2. The monoisotopic (exact) mass is 578 g/mol. The lowest BCUT2D eigenvalue weighted by atomic mass is 9.95. The molecule has 0 aliphatic heterocycles. The SMILES string of the molecule is Cc1c(F)cc(C(=O)NC2(c3nc4cnccc4o3)CC2)cc1-c1ccc2oc(Cc3ccc(F)cc3)c(C(N)=O)c2c1. The van der Waals surface area contributed by atoms with E-state index in [1.165, 1.54) is 18.2 Å². The van der Waals surface area contributed by atoms with Crippen LogP contribution in [0.25, 0.3) is 33.2 Å².